The molecule has 1 saturated carbocycles. The zero-order chi connectivity index (χ0) is 15.5. The zero-order valence-electron chi connectivity index (χ0n) is 11.0. The van der Waals surface area contributed by atoms with Crippen LogP contribution in [0.4, 0.5) is 13.2 Å². The van der Waals surface area contributed by atoms with Gasteiger partial charge in [-0.25, -0.2) is 0 Å². The Kier molecular flexibility index (Phi) is 2.72. The third kappa shape index (κ3) is 1.67. The van der Waals surface area contributed by atoms with Crippen LogP contribution in [0.25, 0.3) is 0 Å². The highest BCUT2D eigenvalue weighted by Crippen LogP contribution is 2.61. The molecule has 2 aliphatic rings. The summed E-state index contributed by atoms with van der Waals surface area (Å²) in [5, 5.41) is 2.63. The minimum atomic E-state index is -4.67. The van der Waals surface area contributed by atoms with Gasteiger partial charge in [0.2, 0.25) is 5.91 Å². The van der Waals surface area contributed by atoms with Crippen molar-refractivity contribution in [1.82, 2.24) is 5.32 Å². The zero-order valence-corrected chi connectivity index (χ0v) is 11.0. The Hall–Kier alpha value is -1.89. The van der Waals surface area contributed by atoms with Crippen molar-refractivity contribution in [1.29, 1.82) is 0 Å². The first-order valence-electron chi connectivity index (χ1n) is 6.51. The molecular formula is C14H13F3N2O2. The van der Waals surface area contributed by atoms with E-state index in [9.17, 15) is 22.8 Å². The summed E-state index contributed by atoms with van der Waals surface area (Å²) in [7, 11) is 0. The summed E-state index contributed by atoms with van der Waals surface area (Å²) >= 11 is 0. The van der Waals surface area contributed by atoms with Crippen molar-refractivity contribution < 1.29 is 22.8 Å². The van der Waals surface area contributed by atoms with Gasteiger partial charge in [-0.15, -0.1) is 0 Å². The van der Waals surface area contributed by atoms with Crippen molar-refractivity contribution in [2.24, 2.45) is 11.1 Å². The lowest BCUT2D eigenvalue weighted by atomic mass is 9.78. The molecule has 1 aliphatic heterocycles. The summed E-state index contributed by atoms with van der Waals surface area (Å²) in [5.74, 6) is -2.27. The number of carbonyl (C=O) groups excluding carboxylic acids is 2. The van der Waals surface area contributed by atoms with Gasteiger partial charge in [0.15, 0.2) is 11.3 Å². The van der Waals surface area contributed by atoms with E-state index in [-0.39, 0.29) is 24.9 Å². The van der Waals surface area contributed by atoms with Gasteiger partial charge in [0.05, 0.1) is 0 Å². The number of hydrogen-bond donors (Lipinski definition) is 2. The van der Waals surface area contributed by atoms with Crippen molar-refractivity contribution in [2.45, 2.75) is 31.1 Å². The van der Waals surface area contributed by atoms with Gasteiger partial charge in [0, 0.05) is 6.54 Å². The number of rotatable bonds is 3. The van der Waals surface area contributed by atoms with Gasteiger partial charge in [-0.05, 0) is 24.0 Å². The summed E-state index contributed by atoms with van der Waals surface area (Å²) < 4.78 is 39.6. The number of nitrogens with two attached hydrogens (primary N) is 1. The van der Waals surface area contributed by atoms with Crippen LogP contribution in [0.3, 0.4) is 0 Å². The summed E-state index contributed by atoms with van der Waals surface area (Å²) in [4.78, 5) is 24.5. The summed E-state index contributed by atoms with van der Waals surface area (Å²) in [6.07, 6.45) is -5.27. The molecular weight excluding hydrogens is 285 g/mol. The molecule has 112 valence electrons. The number of Topliss-reactive ketones (excluding diaryl/α,β-unsaturated/α-hetero) is 1. The van der Waals surface area contributed by atoms with Gasteiger partial charge in [-0.2, -0.15) is 13.2 Å². The van der Waals surface area contributed by atoms with Gasteiger partial charge in [0.25, 0.3) is 0 Å². The molecule has 3 rings (SSSR count). The van der Waals surface area contributed by atoms with Gasteiger partial charge in [0.1, 0.15) is 5.41 Å². The summed E-state index contributed by atoms with van der Waals surface area (Å²) in [6, 6.07) is 6.40. The van der Waals surface area contributed by atoms with Gasteiger partial charge < -0.3 is 5.73 Å². The molecule has 1 fully saturated rings. The monoisotopic (exact) mass is 298 g/mol. The standard InChI is InChI=1S/C14H13F3N2O2/c15-14(16,17)12(5-6-12)10(20)13(11(18)21)9-4-2-1-3-8(9)7-19-13/h1-4,19H,5-7H2,(H2,18,21). The molecule has 0 aromatic heterocycles. The van der Waals surface area contributed by atoms with Crippen LogP contribution in [0, 0.1) is 5.41 Å². The van der Waals surface area contributed by atoms with Gasteiger partial charge in [-0.1, -0.05) is 24.3 Å². The van der Waals surface area contributed by atoms with Crippen molar-refractivity contribution >= 4 is 11.7 Å². The van der Waals surface area contributed by atoms with E-state index >= 15 is 0 Å². The third-order valence-corrected chi connectivity index (χ3v) is 4.40. The fourth-order valence-corrected chi connectivity index (χ4v) is 3.02. The van der Waals surface area contributed by atoms with E-state index in [0.717, 1.165) is 0 Å². The van der Waals surface area contributed by atoms with Crippen molar-refractivity contribution in [3.63, 3.8) is 0 Å². The molecule has 0 bridgehead atoms. The molecule has 1 amide bonds. The Morgan fingerprint density at radius 1 is 1.19 bits per heavy atom. The van der Waals surface area contributed by atoms with Crippen LogP contribution in [0.2, 0.25) is 0 Å². The van der Waals surface area contributed by atoms with E-state index in [0.29, 0.717) is 5.56 Å². The van der Waals surface area contributed by atoms with E-state index in [4.69, 9.17) is 5.73 Å². The predicted octanol–water partition coefficient (Wildman–Crippen LogP) is 1.38. The number of primary amides is 1. The molecule has 21 heavy (non-hydrogen) atoms. The fourth-order valence-electron chi connectivity index (χ4n) is 3.02. The number of alkyl halides is 3. The predicted molar refractivity (Wildman–Crippen MR) is 66.9 cm³/mol. The van der Waals surface area contributed by atoms with Crippen LogP contribution in [-0.2, 0) is 21.7 Å². The second kappa shape index (κ2) is 4.07. The third-order valence-electron chi connectivity index (χ3n) is 4.40. The lowest BCUT2D eigenvalue weighted by Crippen LogP contribution is -2.59. The molecule has 1 aromatic carbocycles. The Morgan fingerprint density at radius 3 is 2.33 bits per heavy atom. The average Bonchev–Trinajstić information content (AvgIpc) is 3.14. The van der Waals surface area contributed by atoms with E-state index in [2.05, 4.69) is 5.32 Å². The van der Waals surface area contributed by atoms with Gasteiger partial charge in [-0.3, -0.25) is 14.9 Å². The smallest absolute Gasteiger partial charge is 0.367 e. The molecule has 0 saturated heterocycles. The molecule has 0 radical (unpaired) electrons. The van der Waals surface area contributed by atoms with E-state index in [1.54, 1.807) is 18.2 Å². The molecule has 4 nitrogen and oxygen atoms in total. The maximum atomic E-state index is 13.2. The second-order valence-electron chi connectivity index (χ2n) is 5.53. The van der Waals surface area contributed by atoms with E-state index in [1.165, 1.54) is 6.07 Å². The molecule has 1 heterocycles. The fraction of sp³-hybridized carbons (Fsp3) is 0.429. The molecule has 1 atom stereocenters. The van der Waals surface area contributed by atoms with Crippen molar-refractivity contribution in [3.05, 3.63) is 35.4 Å². The minimum Gasteiger partial charge on any atom is -0.367 e. The summed E-state index contributed by atoms with van der Waals surface area (Å²) in [5.41, 5.74) is 1.64. The number of amides is 1. The molecule has 3 N–H and O–H groups in total. The molecule has 1 aromatic rings. The van der Waals surface area contributed by atoms with Gasteiger partial charge >= 0.3 is 6.18 Å². The second-order valence-corrected chi connectivity index (χ2v) is 5.53. The van der Waals surface area contributed by atoms with Crippen LogP contribution in [0.1, 0.15) is 24.0 Å². The Bertz CT molecular complexity index is 637. The Balaban J connectivity index is 2.14. The topological polar surface area (TPSA) is 72.2 Å². The maximum absolute atomic E-state index is 13.2. The van der Waals surface area contributed by atoms with E-state index in [1.807, 2.05) is 0 Å². The SMILES string of the molecule is NC(=O)C1(C(=O)C2(C(F)(F)F)CC2)NCc2ccccc21. The number of ketones is 1. The first kappa shape index (κ1) is 14.1. The number of fused-ring (bicyclic) bond motifs is 1. The Labute approximate surface area is 118 Å². The highest BCUT2D eigenvalue weighted by molar-refractivity contribution is 6.14. The molecule has 1 unspecified atom stereocenters. The lowest BCUT2D eigenvalue weighted by Gasteiger charge is -2.31. The minimum absolute atomic E-state index is 0.138. The molecule has 7 heteroatoms. The van der Waals surface area contributed by atoms with Crippen LogP contribution in [-0.4, -0.2) is 17.9 Å². The number of nitrogens with one attached hydrogen (secondary N) is 1. The Morgan fingerprint density at radius 2 is 1.81 bits per heavy atom. The van der Waals surface area contributed by atoms with Crippen LogP contribution >= 0.6 is 0 Å². The van der Waals surface area contributed by atoms with Crippen LogP contribution < -0.4 is 11.1 Å². The molecule has 1 aliphatic carbocycles. The number of carbonyl (C=O) groups is 2. The first-order chi connectivity index (χ1) is 9.76. The maximum Gasteiger partial charge on any atom is 0.401 e. The highest BCUT2D eigenvalue weighted by atomic mass is 19.4. The van der Waals surface area contributed by atoms with Crippen molar-refractivity contribution in [3.8, 4) is 0 Å². The molecule has 0 spiro atoms. The quantitative estimate of drug-likeness (QED) is 0.828. The first-order valence-corrected chi connectivity index (χ1v) is 6.51. The average molecular weight is 298 g/mol. The normalized spacial score (nSPS) is 26.2. The highest BCUT2D eigenvalue weighted by Gasteiger charge is 2.73. The largest absolute Gasteiger partial charge is 0.401 e. The van der Waals surface area contributed by atoms with E-state index < -0.39 is 28.8 Å². The van der Waals surface area contributed by atoms with Crippen LogP contribution in [0.5, 0.6) is 0 Å². The van der Waals surface area contributed by atoms with Crippen molar-refractivity contribution in [2.75, 3.05) is 0 Å². The number of benzene rings is 1. The number of hydrogen-bond acceptors (Lipinski definition) is 3. The lowest BCUT2D eigenvalue weighted by molar-refractivity contribution is -0.194. The number of halogens is 3. The summed E-state index contributed by atoms with van der Waals surface area (Å²) in [6.45, 7) is 0.138. The van der Waals surface area contributed by atoms with Crippen LogP contribution in [0.15, 0.2) is 24.3 Å².